The number of rotatable bonds is 6. The van der Waals surface area contributed by atoms with Gasteiger partial charge in [0.2, 0.25) is 0 Å². The summed E-state index contributed by atoms with van der Waals surface area (Å²) >= 11 is 0. The van der Waals surface area contributed by atoms with Crippen LogP contribution in [-0.4, -0.2) is 5.78 Å². The zero-order valence-electron chi connectivity index (χ0n) is 16.9. The molecule has 2 rings (SSSR count). The van der Waals surface area contributed by atoms with E-state index >= 15 is 0 Å². The Morgan fingerprint density at radius 3 is 2.54 bits per heavy atom. The van der Waals surface area contributed by atoms with Crippen molar-refractivity contribution in [1.29, 1.82) is 0 Å². The van der Waals surface area contributed by atoms with Crippen molar-refractivity contribution in [2.24, 2.45) is 16.7 Å². The van der Waals surface area contributed by atoms with Crippen LogP contribution in [0.3, 0.4) is 0 Å². The van der Waals surface area contributed by atoms with Crippen molar-refractivity contribution in [3.8, 4) is 0 Å². The first kappa shape index (κ1) is 19.5. The highest BCUT2D eigenvalue weighted by atomic mass is 16.1. The van der Waals surface area contributed by atoms with Gasteiger partial charge in [-0.3, -0.25) is 0 Å². The topological polar surface area (TPSA) is 17.1 Å². The summed E-state index contributed by atoms with van der Waals surface area (Å²) in [7, 11) is 0. The quantitative estimate of drug-likeness (QED) is 0.478. The number of Topliss-reactive ketones (excluding diaryl/α,β-unsaturated/α-hetero) is 1. The van der Waals surface area contributed by atoms with Crippen molar-refractivity contribution in [3.05, 3.63) is 22.8 Å². The van der Waals surface area contributed by atoms with Gasteiger partial charge in [0.05, 0.1) is 0 Å². The van der Waals surface area contributed by atoms with Gasteiger partial charge in [-0.25, -0.2) is 0 Å². The maximum atomic E-state index is 11.6. The molecule has 0 amide bonds. The van der Waals surface area contributed by atoms with E-state index in [2.05, 4.69) is 40.7 Å². The van der Waals surface area contributed by atoms with Gasteiger partial charge >= 0.3 is 0 Å². The second-order valence-electron chi connectivity index (χ2n) is 9.30. The number of carbonyl (C=O) groups is 1. The van der Waals surface area contributed by atoms with Crippen LogP contribution < -0.4 is 0 Å². The number of carbonyl (C=O) groups excluding carboxylic acids is 1. The SMILES string of the molecule is CC(=O)CCC1=C(C)CCC2[C@@](C)(CCC=C(C)C)CCC[C@]12C. The Kier molecular flexibility index (Phi) is 6.15. The Morgan fingerprint density at radius 2 is 1.92 bits per heavy atom. The molecular weight excluding hydrogens is 292 g/mol. The van der Waals surface area contributed by atoms with Crippen LogP contribution in [0.5, 0.6) is 0 Å². The number of allylic oxidation sites excluding steroid dienone is 4. The third-order valence-electron chi connectivity index (χ3n) is 7.06. The first-order valence-corrected chi connectivity index (χ1v) is 10.0. The molecule has 1 unspecified atom stereocenters. The van der Waals surface area contributed by atoms with Crippen LogP contribution in [0.15, 0.2) is 22.8 Å². The molecule has 0 aliphatic heterocycles. The van der Waals surface area contributed by atoms with Crippen LogP contribution in [0.25, 0.3) is 0 Å². The molecule has 1 heteroatoms. The van der Waals surface area contributed by atoms with Gasteiger partial charge in [0, 0.05) is 6.42 Å². The second-order valence-corrected chi connectivity index (χ2v) is 9.30. The smallest absolute Gasteiger partial charge is 0.130 e. The zero-order valence-corrected chi connectivity index (χ0v) is 16.9. The summed E-state index contributed by atoms with van der Waals surface area (Å²) in [4.78, 5) is 11.6. The summed E-state index contributed by atoms with van der Waals surface area (Å²) in [6, 6.07) is 0. The third kappa shape index (κ3) is 4.03. The van der Waals surface area contributed by atoms with Crippen molar-refractivity contribution in [2.45, 2.75) is 99.3 Å². The highest BCUT2D eigenvalue weighted by molar-refractivity contribution is 5.75. The van der Waals surface area contributed by atoms with E-state index in [1.54, 1.807) is 18.1 Å². The van der Waals surface area contributed by atoms with Gasteiger partial charge in [0.1, 0.15) is 5.78 Å². The van der Waals surface area contributed by atoms with Gasteiger partial charge in [0.15, 0.2) is 0 Å². The molecule has 1 nitrogen and oxygen atoms in total. The van der Waals surface area contributed by atoms with Crippen LogP contribution in [0.1, 0.15) is 99.3 Å². The van der Waals surface area contributed by atoms with E-state index in [1.165, 1.54) is 50.5 Å². The summed E-state index contributed by atoms with van der Waals surface area (Å²) in [5.41, 5.74) is 5.46. The molecule has 1 saturated carbocycles. The van der Waals surface area contributed by atoms with Crippen molar-refractivity contribution in [3.63, 3.8) is 0 Å². The first-order chi connectivity index (χ1) is 11.2. The van der Waals surface area contributed by atoms with Gasteiger partial charge < -0.3 is 4.79 Å². The lowest BCUT2D eigenvalue weighted by Crippen LogP contribution is -2.46. The van der Waals surface area contributed by atoms with Crippen LogP contribution in [-0.2, 0) is 4.79 Å². The molecule has 0 radical (unpaired) electrons. The Morgan fingerprint density at radius 1 is 1.21 bits per heavy atom. The fourth-order valence-corrected chi connectivity index (χ4v) is 5.79. The van der Waals surface area contributed by atoms with Crippen LogP contribution in [0.2, 0.25) is 0 Å². The summed E-state index contributed by atoms with van der Waals surface area (Å²) in [6.07, 6.45) is 13.3. The molecule has 0 bridgehead atoms. The lowest BCUT2D eigenvalue weighted by atomic mass is 9.48. The lowest BCUT2D eigenvalue weighted by molar-refractivity contribution is -0.117. The molecule has 24 heavy (non-hydrogen) atoms. The minimum Gasteiger partial charge on any atom is -0.300 e. The molecule has 0 aromatic carbocycles. The first-order valence-electron chi connectivity index (χ1n) is 10.0. The highest BCUT2D eigenvalue weighted by Gasteiger charge is 2.51. The molecule has 2 aliphatic carbocycles. The summed E-state index contributed by atoms with van der Waals surface area (Å²) in [5.74, 6) is 1.12. The average molecular weight is 331 g/mol. The van der Waals surface area contributed by atoms with E-state index in [1.807, 2.05) is 0 Å². The Bertz CT molecular complexity index is 534. The molecule has 0 saturated heterocycles. The summed E-state index contributed by atoms with van der Waals surface area (Å²) < 4.78 is 0. The highest BCUT2D eigenvalue weighted by Crippen LogP contribution is 2.61. The monoisotopic (exact) mass is 330 g/mol. The van der Waals surface area contributed by atoms with Crippen LogP contribution >= 0.6 is 0 Å². The van der Waals surface area contributed by atoms with Crippen LogP contribution in [0, 0.1) is 16.7 Å². The molecule has 2 aliphatic rings. The zero-order chi connectivity index (χ0) is 18.0. The van der Waals surface area contributed by atoms with E-state index in [0.717, 1.165) is 18.8 Å². The Hall–Kier alpha value is -0.850. The van der Waals surface area contributed by atoms with E-state index in [-0.39, 0.29) is 0 Å². The van der Waals surface area contributed by atoms with Crippen molar-refractivity contribution in [2.75, 3.05) is 0 Å². The van der Waals surface area contributed by atoms with Crippen molar-refractivity contribution < 1.29 is 4.79 Å². The maximum Gasteiger partial charge on any atom is 0.130 e. The number of hydrogen-bond donors (Lipinski definition) is 0. The number of fused-ring (bicyclic) bond motifs is 1. The molecule has 136 valence electrons. The summed E-state index contributed by atoms with van der Waals surface area (Å²) in [6.45, 7) is 13.6. The van der Waals surface area contributed by atoms with E-state index in [9.17, 15) is 4.79 Å². The van der Waals surface area contributed by atoms with E-state index in [0.29, 0.717) is 16.6 Å². The fourth-order valence-electron chi connectivity index (χ4n) is 5.79. The van der Waals surface area contributed by atoms with Gasteiger partial charge in [-0.2, -0.15) is 0 Å². The summed E-state index contributed by atoms with van der Waals surface area (Å²) in [5, 5.41) is 0. The molecule has 0 aromatic rings. The molecule has 0 aromatic heterocycles. The van der Waals surface area contributed by atoms with Gasteiger partial charge in [-0.15, -0.1) is 0 Å². The molecule has 0 N–H and O–H groups in total. The number of ketones is 1. The average Bonchev–Trinajstić information content (AvgIpc) is 2.45. The van der Waals surface area contributed by atoms with E-state index < -0.39 is 0 Å². The molecule has 3 atom stereocenters. The Balaban J connectivity index is 2.25. The Labute approximate surface area is 150 Å². The maximum absolute atomic E-state index is 11.6. The lowest BCUT2D eigenvalue weighted by Gasteiger charge is -2.56. The largest absolute Gasteiger partial charge is 0.300 e. The molecule has 0 spiro atoms. The van der Waals surface area contributed by atoms with E-state index in [4.69, 9.17) is 0 Å². The third-order valence-corrected chi connectivity index (χ3v) is 7.06. The minimum atomic E-state index is 0.329. The second kappa shape index (κ2) is 7.58. The predicted octanol–water partition coefficient (Wildman–Crippen LogP) is 7.03. The molecule has 0 heterocycles. The van der Waals surface area contributed by atoms with Gasteiger partial charge in [-0.05, 0) is 89.4 Å². The van der Waals surface area contributed by atoms with Crippen LogP contribution in [0.4, 0.5) is 0 Å². The van der Waals surface area contributed by atoms with Crippen molar-refractivity contribution >= 4 is 5.78 Å². The molecule has 1 fully saturated rings. The number of hydrogen-bond acceptors (Lipinski definition) is 1. The normalized spacial score (nSPS) is 33.2. The minimum absolute atomic E-state index is 0.329. The molecular formula is C23H38O. The van der Waals surface area contributed by atoms with Gasteiger partial charge in [-0.1, -0.05) is 43.1 Å². The predicted molar refractivity (Wildman–Crippen MR) is 104 cm³/mol. The van der Waals surface area contributed by atoms with Gasteiger partial charge in [0.25, 0.3) is 0 Å². The standard InChI is InChI=1S/C23H38O/c1-17(2)9-7-14-22(5)15-8-16-23(6)20(12-11-19(4)24)18(3)10-13-21(22)23/h9,21H,7-8,10-16H2,1-6H3/t21?,22-,23+/m0/s1. The fraction of sp³-hybridized carbons (Fsp3) is 0.783. The van der Waals surface area contributed by atoms with Crippen molar-refractivity contribution in [1.82, 2.24) is 0 Å².